The van der Waals surface area contributed by atoms with Crippen LogP contribution >= 0.6 is 15.9 Å². The molecule has 1 aromatic carbocycles. The van der Waals surface area contributed by atoms with Crippen LogP contribution in [0.4, 0.5) is 14.6 Å². The molecule has 0 saturated carbocycles. The Labute approximate surface area is 141 Å². The van der Waals surface area contributed by atoms with Gasteiger partial charge in [-0.2, -0.15) is 8.78 Å². The van der Waals surface area contributed by atoms with Crippen molar-refractivity contribution >= 4 is 21.7 Å². The zero-order valence-corrected chi connectivity index (χ0v) is 13.7. The van der Waals surface area contributed by atoms with Crippen LogP contribution in [0.3, 0.4) is 0 Å². The number of hydrogen-bond acceptors (Lipinski definition) is 4. The minimum Gasteiger partial charge on any atom is -0.433 e. The summed E-state index contributed by atoms with van der Waals surface area (Å²) in [4.78, 5) is 6.27. The van der Waals surface area contributed by atoms with E-state index in [-0.39, 0.29) is 11.9 Å². The summed E-state index contributed by atoms with van der Waals surface area (Å²) in [6, 6.07) is 11.2. The minimum absolute atomic E-state index is 0.0457. The van der Waals surface area contributed by atoms with E-state index in [1.807, 2.05) is 24.3 Å². The smallest absolute Gasteiger partial charge is 0.387 e. The van der Waals surface area contributed by atoms with Gasteiger partial charge in [0.05, 0.1) is 12.8 Å². The first-order chi connectivity index (χ1) is 11.1. The third-order valence-corrected chi connectivity index (χ3v) is 4.11. The second-order valence-electron chi connectivity index (χ2n) is 5.09. The molecule has 1 fully saturated rings. The van der Waals surface area contributed by atoms with Crippen LogP contribution in [0.15, 0.2) is 47.1 Å². The fraction of sp³-hybridized carbons (Fsp3) is 0.312. The Kier molecular flexibility index (Phi) is 5.07. The van der Waals surface area contributed by atoms with Gasteiger partial charge in [0.1, 0.15) is 17.7 Å². The van der Waals surface area contributed by atoms with Gasteiger partial charge in [0, 0.05) is 17.6 Å². The summed E-state index contributed by atoms with van der Waals surface area (Å²) >= 11 is 3.42. The standard InChI is InChI=1S/C16H15BrF2N2O2/c17-12-3-1-11(2-4-12)14-10-21(7-8-22-14)15-6-5-13(9-20-15)23-16(18)19/h1-6,9,14,16H,7-8,10H2/t14-/m0/s1. The van der Waals surface area contributed by atoms with Crippen LogP contribution in [0, 0.1) is 0 Å². The Balaban J connectivity index is 1.69. The number of hydrogen-bond donors (Lipinski definition) is 0. The molecule has 23 heavy (non-hydrogen) atoms. The summed E-state index contributed by atoms with van der Waals surface area (Å²) in [6.45, 7) is -0.899. The fourth-order valence-corrected chi connectivity index (χ4v) is 2.73. The lowest BCUT2D eigenvalue weighted by Gasteiger charge is -2.34. The number of benzene rings is 1. The summed E-state index contributed by atoms with van der Waals surface area (Å²) in [6.07, 6.45) is 1.27. The molecular weight excluding hydrogens is 370 g/mol. The second-order valence-corrected chi connectivity index (χ2v) is 6.00. The Bertz CT molecular complexity index is 638. The van der Waals surface area contributed by atoms with Gasteiger partial charge < -0.3 is 14.4 Å². The zero-order valence-electron chi connectivity index (χ0n) is 12.2. The summed E-state index contributed by atoms with van der Waals surface area (Å²) in [5, 5.41) is 0. The molecule has 3 rings (SSSR count). The lowest BCUT2D eigenvalue weighted by Crippen LogP contribution is -2.38. The number of pyridine rings is 1. The van der Waals surface area contributed by atoms with Gasteiger partial charge in [0.2, 0.25) is 0 Å². The molecule has 4 nitrogen and oxygen atoms in total. The number of nitrogens with zero attached hydrogens (tertiary/aromatic N) is 2. The highest BCUT2D eigenvalue weighted by Gasteiger charge is 2.23. The van der Waals surface area contributed by atoms with E-state index >= 15 is 0 Å². The Hall–Kier alpha value is -1.73. The molecule has 7 heteroatoms. The lowest BCUT2D eigenvalue weighted by molar-refractivity contribution is -0.0500. The number of rotatable bonds is 4. The molecule has 0 N–H and O–H groups in total. The van der Waals surface area contributed by atoms with Crippen LogP contribution in [0.1, 0.15) is 11.7 Å². The molecule has 0 radical (unpaired) electrons. The van der Waals surface area contributed by atoms with Gasteiger partial charge in [-0.15, -0.1) is 0 Å². The molecule has 1 saturated heterocycles. The molecule has 0 spiro atoms. The van der Waals surface area contributed by atoms with Crippen LogP contribution in [-0.2, 0) is 4.74 Å². The van der Waals surface area contributed by atoms with Gasteiger partial charge >= 0.3 is 6.61 Å². The highest BCUT2D eigenvalue weighted by molar-refractivity contribution is 9.10. The average Bonchev–Trinajstić information content (AvgIpc) is 2.56. The van der Waals surface area contributed by atoms with Crippen molar-refractivity contribution in [1.29, 1.82) is 0 Å². The number of alkyl halides is 2. The first kappa shape index (κ1) is 16.1. The summed E-state index contributed by atoms with van der Waals surface area (Å²) in [5.41, 5.74) is 1.09. The average molecular weight is 385 g/mol. The van der Waals surface area contributed by atoms with E-state index < -0.39 is 6.61 Å². The van der Waals surface area contributed by atoms with Crippen molar-refractivity contribution in [3.05, 3.63) is 52.6 Å². The van der Waals surface area contributed by atoms with E-state index in [0.717, 1.165) is 15.9 Å². The predicted octanol–water partition coefficient (Wildman–Crippen LogP) is 4.02. The van der Waals surface area contributed by atoms with Crippen LogP contribution < -0.4 is 9.64 Å². The largest absolute Gasteiger partial charge is 0.433 e. The van der Waals surface area contributed by atoms with Crippen molar-refractivity contribution in [2.75, 3.05) is 24.6 Å². The zero-order chi connectivity index (χ0) is 16.2. The van der Waals surface area contributed by atoms with Crippen molar-refractivity contribution in [3.8, 4) is 5.75 Å². The van der Waals surface area contributed by atoms with Gasteiger partial charge in [0.25, 0.3) is 0 Å². The van der Waals surface area contributed by atoms with Crippen molar-refractivity contribution in [2.45, 2.75) is 12.7 Å². The Morgan fingerprint density at radius 1 is 1.22 bits per heavy atom. The van der Waals surface area contributed by atoms with E-state index in [9.17, 15) is 8.78 Å². The third kappa shape index (κ3) is 4.17. The SMILES string of the molecule is FC(F)Oc1ccc(N2CCO[C@H](c3ccc(Br)cc3)C2)nc1. The lowest BCUT2D eigenvalue weighted by atomic mass is 10.1. The van der Waals surface area contributed by atoms with Gasteiger partial charge in [-0.25, -0.2) is 4.98 Å². The molecule has 0 aliphatic carbocycles. The van der Waals surface area contributed by atoms with Gasteiger partial charge in [-0.05, 0) is 29.8 Å². The molecule has 1 aliphatic heterocycles. The molecular formula is C16H15BrF2N2O2. The maximum absolute atomic E-state index is 12.2. The molecule has 0 amide bonds. The number of ether oxygens (including phenoxy) is 2. The Morgan fingerprint density at radius 2 is 2.00 bits per heavy atom. The first-order valence-electron chi connectivity index (χ1n) is 7.15. The van der Waals surface area contributed by atoms with Gasteiger partial charge in [-0.1, -0.05) is 28.1 Å². The summed E-state index contributed by atoms with van der Waals surface area (Å²) < 4.78 is 35.5. The van der Waals surface area contributed by atoms with Crippen molar-refractivity contribution in [1.82, 2.24) is 4.98 Å². The fourth-order valence-electron chi connectivity index (χ4n) is 2.47. The quantitative estimate of drug-likeness (QED) is 0.796. The topological polar surface area (TPSA) is 34.6 Å². The molecule has 1 aromatic heterocycles. The maximum Gasteiger partial charge on any atom is 0.387 e. The van der Waals surface area contributed by atoms with Crippen molar-refractivity contribution in [2.24, 2.45) is 0 Å². The van der Waals surface area contributed by atoms with E-state index in [1.54, 1.807) is 6.07 Å². The van der Waals surface area contributed by atoms with E-state index in [1.165, 1.54) is 12.3 Å². The highest BCUT2D eigenvalue weighted by atomic mass is 79.9. The highest BCUT2D eigenvalue weighted by Crippen LogP contribution is 2.27. The van der Waals surface area contributed by atoms with Gasteiger partial charge in [0.15, 0.2) is 0 Å². The van der Waals surface area contributed by atoms with Crippen LogP contribution in [-0.4, -0.2) is 31.3 Å². The normalized spacial score (nSPS) is 18.3. The molecule has 1 atom stereocenters. The van der Waals surface area contributed by atoms with E-state index in [4.69, 9.17) is 4.74 Å². The monoisotopic (exact) mass is 384 g/mol. The van der Waals surface area contributed by atoms with Crippen molar-refractivity contribution < 1.29 is 18.3 Å². The van der Waals surface area contributed by atoms with Crippen LogP contribution in [0.5, 0.6) is 5.75 Å². The maximum atomic E-state index is 12.2. The molecule has 2 heterocycles. The number of anilines is 1. The van der Waals surface area contributed by atoms with E-state index in [2.05, 4.69) is 30.6 Å². The Morgan fingerprint density at radius 3 is 2.65 bits per heavy atom. The first-order valence-corrected chi connectivity index (χ1v) is 7.94. The number of halogens is 3. The van der Waals surface area contributed by atoms with Crippen molar-refractivity contribution in [3.63, 3.8) is 0 Å². The predicted molar refractivity (Wildman–Crippen MR) is 85.9 cm³/mol. The third-order valence-electron chi connectivity index (χ3n) is 3.58. The number of morpholine rings is 1. The number of aromatic nitrogens is 1. The van der Waals surface area contributed by atoms with Crippen LogP contribution in [0.25, 0.3) is 0 Å². The van der Waals surface area contributed by atoms with Crippen LogP contribution in [0.2, 0.25) is 0 Å². The molecule has 0 unspecified atom stereocenters. The summed E-state index contributed by atoms with van der Waals surface area (Å²) in [5.74, 6) is 0.776. The molecule has 0 bridgehead atoms. The molecule has 2 aromatic rings. The van der Waals surface area contributed by atoms with E-state index in [0.29, 0.717) is 19.7 Å². The summed E-state index contributed by atoms with van der Waals surface area (Å²) in [7, 11) is 0. The molecule has 1 aliphatic rings. The van der Waals surface area contributed by atoms with Gasteiger partial charge in [-0.3, -0.25) is 0 Å². The second kappa shape index (κ2) is 7.23. The molecule has 122 valence electrons. The minimum atomic E-state index is -2.84.